The van der Waals surface area contributed by atoms with Crippen molar-refractivity contribution in [1.82, 2.24) is 25.3 Å². The fourth-order valence-electron chi connectivity index (χ4n) is 3.60. The number of hydrogen-bond donors (Lipinski definition) is 5. The molecule has 0 aliphatic heterocycles. The highest BCUT2D eigenvalue weighted by Gasteiger charge is 2.38. The van der Waals surface area contributed by atoms with Crippen molar-refractivity contribution in [3.05, 3.63) is 60.8 Å². The van der Waals surface area contributed by atoms with Gasteiger partial charge in [-0.3, -0.25) is 0 Å². The highest BCUT2D eigenvalue weighted by Crippen LogP contribution is 2.33. The molecule has 0 aliphatic rings. The summed E-state index contributed by atoms with van der Waals surface area (Å²) in [4.78, 5) is 21.5. The van der Waals surface area contributed by atoms with Crippen LogP contribution in [0.25, 0.3) is 33.8 Å². The molecule has 15 heteroatoms. The third kappa shape index (κ3) is 7.40. The van der Waals surface area contributed by atoms with Gasteiger partial charge in [0.1, 0.15) is 11.0 Å². The molecule has 0 fully saturated rings. The number of halogens is 3. The van der Waals surface area contributed by atoms with Crippen molar-refractivity contribution in [2.24, 2.45) is 0 Å². The normalized spacial score (nSPS) is 11.1. The Balaban J connectivity index is 0.000000493. The van der Waals surface area contributed by atoms with Crippen molar-refractivity contribution in [2.45, 2.75) is 19.0 Å². The number of anilines is 3. The molecule has 0 amide bonds. The summed E-state index contributed by atoms with van der Waals surface area (Å²) in [5.74, 6) is -1.55. The molecule has 0 radical (unpaired) electrons. The maximum atomic E-state index is 10.6. The second kappa shape index (κ2) is 12.7. The van der Waals surface area contributed by atoms with Gasteiger partial charge in [0, 0.05) is 23.5 Å². The highest BCUT2D eigenvalue weighted by atomic mass is 19.4. The van der Waals surface area contributed by atoms with E-state index < -0.39 is 12.1 Å². The van der Waals surface area contributed by atoms with Gasteiger partial charge in [-0.2, -0.15) is 13.2 Å². The van der Waals surface area contributed by atoms with Gasteiger partial charge in [-0.1, -0.05) is 30.3 Å². The van der Waals surface area contributed by atoms with Crippen LogP contribution in [0.5, 0.6) is 5.75 Å². The van der Waals surface area contributed by atoms with Crippen LogP contribution in [-0.2, 0) is 4.79 Å². The quantitative estimate of drug-likeness (QED) is 0.121. The van der Waals surface area contributed by atoms with Crippen LogP contribution >= 0.6 is 0 Å². The predicted octanol–water partition coefficient (Wildman–Crippen LogP) is 4.74. The van der Waals surface area contributed by atoms with Crippen molar-refractivity contribution in [1.29, 1.82) is 0 Å². The lowest BCUT2D eigenvalue weighted by atomic mass is 10.1. The second-order valence-electron chi connectivity index (χ2n) is 8.55. The number of aromatic amines is 1. The Morgan fingerprint density at radius 1 is 1.02 bits per heavy atom. The Morgan fingerprint density at radius 2 is 1.73 bits per heavy atom. The van der Waals surface area contributed by atoms with E-state index in [9.17, 15) is 13.2 Å². The number of alkyl halides is 3. The van der Waals surface area contributed by atoms with E-state index in [1.807, 2.05) is 54.6 Å². The van der Waals surface area contributed by atoms with Gasteiger partial charge in [0.05, 0.1) is 18.5 Å². The molecule has 12 nitrogen and oxygen atoms in total. The number of nitrogens with zero attached hydrogens (tertiary/aromatic N) is 4. The lowest BCUT2D eigenvalue weighted by Crippen LogP contribution is -2.21. The van der Waals surface area contributed by atoms with E-state index in [0.717, 1.165) is 42.0 Å². The molecule has 0 bridgehead atoms. The molecule has 214 valence electrons. The molecular formula is C26H25F3N8O4. The van der Waals surface area contributed by atoms with Crippen molar-refractivity contribution >= 4 is 34.2 Å². The van der Waals surface area contributed by atoms with Crippen LogP contribution in [0, 0.1) is 0 Å². The number of H-pyrrole nitrogens is 1. The molecule has 2 aromatic carbocycles. The zero-order valence-corrected chi connectivity index (χ0v) is 21.4. The molecule has 5 aromatic rings. The average molecular weight is 571 g/mol. The Kier molecular flexibility index (Phi) is 8.86. The number of ether oxygens (including phenoxy) is 1. The average Bonchev–Trinajstić information content (AvgIpc) is 3.58. The van der Waals surface area contributed by atoms with Gasteiger partial charge in [-0.05, 0) is 47.4 Å². The molecule has 0 atom stereocenters. The summed E-state index contributed by atoms with van der Waals surface area (Å²) in [6, 6.07) is 17.5. The molecule has 3 aromatic heterocycles. The topological polar surface area (TPSA) is 191 Å². The number of fused-ring (bicyclic) bond motifs is 1. The molecule has 0 spiro atoms. The molecule has 5 rings (SSSR count). The van der Waals surface area contributed by atoms with Gasteiger partial charge in [-0.25, -0.2) is 19.4 Å². The summed E-state index contributed by atoms with van der Waals surface area (Å²) in [6.07, 6.45) is -1.56. The Hall–Kier alpha value is -5.34. The van der Waals surface area contributed by atoms with E-state index in [1.165, 1.54) is 0 Å². The first-order valence-corrected chi connectivity index (χ1v) is 12.2. The lowest BCUT2D eigenvalue weighted by molar-refractivity contribution is -0.192. The van der Waals surface area contributed by atoms with E-state index in [-0.39, 0.29) is 5.82 Å². The number of pyridine rings is 1. The molecular weight excluding hydrogens is 545 g/mol. The molecule has 0 unspecified atom stereocenters. The summed E-state index contributed by atoms with van der Waals surface area (Å²) >= 11 is 0. The van der Waals surface area contributed by atoms with Crippen LogP contribution in [-0.4, -0.2) is 55.7 Å². The fraction of sp³-hybridized carbons (Fsp3) is 0.192. The standard InChI is InChI=1S/C24H24N8O2.C2HF3O2/c25-16-8-10-17(11-9-16)27-12-4-5-13-33-18-14-28-19(15-6-2-1-3-7-15)21-20(18)29-24(30-21)22-23(26)32-34-31-22;3-2(4,5)1(6)7/h1-3,6-11,14,27H,4-5,12-13,25H2,(H2,26,32)(H,29,30);(H,6,7). The van der Waals surface area contributed by atoms with Gasteiger partial charge < -0.3 is 31.6 Å². The number of nitrogens with two attached hydrogens (primary N) is 2. The molecule has 7 N–H and O–H groups in total. The fourth-order valence-corrected chi connectivity index (χ4v) is 3.60. The van der Waals surface area contributed by atoms with Gasteiger partial charge in [0.2, 0.25) is 0 Å². The summed E-state index contributed by atoms with van der Waals surface area (Å²) in [6.45, 7) is 1.37. The third-order valence-electron chi connectivity index (χ3n) is 5.58. The second-order valence-corrected chi connectivity index (χ2v) is 8.55. The zero-order valence-electron chi connectivity index (χ0n) is 21.4. The van der Waals surface area contributed by atoms with E-state index in [2.05, 4.69) is 25.6 Å². The van der Waals surface area contributed by atoms with Crippen molar-refractivity contribution in [2.75, 3.05) is 29.9 Å². The number of rotatable bonds is 9. The minimum atomic E-state index is -5.08. The summed E-state index contributed by atoms with van der Waals surface area (Å²) in [5.41, 5.74) is 16.8. The van der Waals surface area contributed by atoms with Crippen LogP contribution in [0.1, 0.15) is 12.8 Å². The highest BCUT2D eigenvalue weighted by molar-refractivity contribution is 5.95. The van der Waals surface area contributed by atoms with Gasteiger partial charge in [-0.15, -0.1) is 0 Å². The van der Waals surface area contributed by atoms with Gasteiger partial charge in [0.25, 0.3) is 0 Å². The molecule has 0 saturated carbocycles. The number of unbranched alkanes of at least 4 members (excludes halogenated alkanes) is 1. The van der Waals surface area contributed by atoms with E-state index in [0.29, 0.717) is 34.9 Å². The molecule has 41 heavy (non-hydrogen) atoms. The Bertz CT molecular complexity index is 1590. The lowest BCUT2D eigenvalue weighted by Gasteiger charge is -2.10. The minimum Gasteiger partial charge on any atom is -0.490 e. The first-order chi connectivity index (χ1) is 19.6. The zero-order chi connectivity index (χ0) is 29.4. The van der Waals surface area contributed by atoms with Crippen LogP contribution in [0.2, 0.25) is 0 Å². The number of carboxylic acids is 1. The molecule has 0 aliphatic carbocycles. The number of aromatic nitrogens is 5. The number of carboxylic acid groups (broad SMARTS) is 1. The molecule has 3 heterocycles. The van der Waals surface area contributed by atoms with Crippen molar-refractivity contribution < 1.29 is 32.4 Å². The number of nitrogens with one attached hydrogen (secondary N) is 2. The Morgan fingerprint density at radius 3 is 2.37 bits per heavy atom. The molecule has 0 saturated heterocycles. The summed E-state index contributed by atoms with van der Waals surface area (Å²) in [5, 5.41) is 18.0. The number of nitrogen functional groups attached to an aromatic ring is 2. The van der Waals surface area contributed by atoms with Gasteiger partial charge in [0.15, 0.2) is 23.1 Å². The van der Waals surface area contributed by atoms with Crippen LogP contribution in [0.15, 0.2) is 65.4 Å². The number of benzene rings is 2. The number of carbonyl (C=O) groups is 1. The summed E-state index contributed by atoms with van der Waals surface area (Å²) < 4.78 is 42.5. The monoisotopic (exact) mass is 570 g/mol. The smallest absolute Gasteiger partial charge is 0.490 e. The van der Waals surface area contributed by atoms with Crippen LogP contribution < -0.4 is 21.5 Å². The van der Waals surface area contributed by atoms with Crippen molar-refractivity contribution in [3.8, 4) is 28.5 Å². The minimum absolute atomic E-state index is 0.157. The Labute approximate surface area is 230 Å². The maximum absolute atomic E-state index is 10.6. The van der Waals surface area contributed by atoms with E-state index in [4.69, 9.17) is 35.7 Å². The largest absolute Gasteiger partial charge is 0.490 e. The van der Waals surface area contributed by atoms with Crippen LogP contribution in [0.3, 0.4) is 0 Å². The van der Waals surface area contributed by atoms with Crippen LogP contribution in [0.4, 0.5) is 30.4 Å². The van der Waals surface area contributed by atoms with Crippen molar-refractivity contribution in [3.63, 3.8) is 0 Å². The predicted molar refractivity (Wildman–Crippen MR) is 145 cm³/mol. The maximum Gasteiger partial charge on any atom is 0.490 e. The number of imidazole rings is 1. The first kappa shape index (κ1) is 28.7. The number of hydrogen-bond acceptors (Lipinski definition) is 10. The van der Waals surface area contributed by atoms with E-state index >= 15 is 0 Å². The SMILES string of the molecule is Nc1ccc(NCCCCOc2cnc(-c3ccccc3)c3nc(-c4nonc4N)[nH]c23)cc1.O=C(O)C(F)(F)F. The van der Waals surface area contributed by atoms with Gasteiger partial charge >= 0.3 is 12.1 Å². The first-order valence-electron chi connectivity index (χ1n) is 12.2. The summed E-state index contributed by atoms with van der Waals surface area (Å²) in [7, 11) is 0. The van der Waals surface area contributed by atoms with E-state index in [1.54, 1.807) is 6.20 Å². The third-order valence-corrected chi connectivity index (χ3v) is 5.58. The number of aliphatic carboxylic acids is 1.